The number of unbranched alkanes of at least 4 members (excludes halogenated alkanes) is 11. The third-order valence-corrected chi connectivity index (χ3v) is 6.94. The molecule has 0 amide bonds. The van der Waals surface area contributed by atoms with Gasteiger partial charge in [-0.2, -0.15) is 0 Å². The highest BCUT2D eigenvalue weighted by atomic mass is 15.4. The molecule has 3 aromatic carbocycles. The zero-order valence-electron chi connectivity index (χ0n) is 20.8. The van der Waals surface area contributed by atoms with Crippen molar-refractivity contribution in [3.8, 4) is 0 Å². The van der Waals surface area contributed by atoms with Gasteiger partial charge in [0.15, 0.2) is 0 Å². The SMILES string of the molecule is CCCCCCCCCCCCCC[N+](c1ccccc1)(c1ccccc1)c1ccccc1. The lowest BCUT2D eigenvalue weighted by Gasteiger charge is -2.37. The Kier molecular flexibility index (Phi) is 11.2. The molecule has 1 nitrogen and oxygen atoms in total. The van der Waals surface area contributed by atoms with Crippen LogP contribution in [-0.4, -0.2) is 6.54 Å². The van der Waals surface area contributed by atoms with Crippen molar-refractivity contribution < 1.29 is 0 Å². The zero-order chi connectivity index (χ0) is 23.0. The fourth-order valence-corrected chi connectivity index (χ4v) is 5.07. The van der Waals surface area contributed by atoms with Crippen molar-refractivity contribution in [2.75, 3.05) is 6.54 Å². The highest BCUT2D eigenvalue weighted by molar-refractivity contribution is 5.70. The first-order valence-corrected chi connectivity index (χ1v) is 13.4. The van der Waals surface area contributed by atoms with E-state index in [4.69, 9.17) is 0 Å². The molecule has 0 N–H and O–H groups in total. The molecule has 0 radical (unpaired) electrons. The summed E-state index contributed by atoms with van der Waals surface area (Å²) in [6.45, 7) is 3.39. The average molecular weight is 443 g/mol. The average Bonchev–Trinajstić information content (AvgIpc) is 2.89. The summed E-state index contributed by atoms with van der Waals surface area (Å²) < 4.78 is 0.792. The smallest absolute Gasteiger partial charge is 0.143 e. The van der Waals surface area contributed by atoms with Crippen LogP contribution < -0.4 is 4.48 Å². The van der Waals surface area contributed by atoms with Crippen LogP contribution in [0.15, 0.2) is 91.0 Å². The quantitative estimate of drug-likeness (QED) is 0.153. The van der Waals surface area contributed by atoms with Gasteiger partial charge in [-0.05, 0) is 49.2 Å². The van der Waals surface area contributed by atoms with Crippen molar-refractivity contribution in [2.45, 2.75) is 84.0 Å². The Morgan fingerprint density at radius 3 is 1.03 bits per heavy atom. The van der Waals surface area contributed by atoms with Crippen LogP contribution in [0.5, 0.6) is 0 Å². The summed E-state index contributed by atoms with van der Waals surface area (Å²) >= 11 is 0. The molecule has 0 spiro atoms. The van der Waals surface area contributed by atoms with E-state index in [9.17, 15) is 0 Å². The maximum absolute atomic E-state index is 2.29. The van der Waals surface area contributed by atoms with Crippen molar-refractivity contribution in [1.29, 1.82) is 0 Å². The molecule has 0 aliphatic rings. The summed E-state index contributed by atoms with van der Waals surface area (Å²) in [5.74, 6) is 0. The van der Waals surface area contributed by atoms with Crippen molar-refractivity contribution in [3.05, 3.63) is 91.0 Å². The van der Waals surface area contributed by atoms with Gasteiger partial charge in [0.05, 0.1) is 6.54 Å². The van der Waals surface area contributed by atoms with Gasteiger partial charge in [0.25, 0.3) is 0 Å². The highest BCUT2D eigenvalue weighted by Gasteiger charge is 2.35. The summed E-state index contributed by atoms with van der Waals surface area (Å²) in [5.41, 5.74) is 4.04. The van der Waals surface area contributed by atoms with Crippen LogP contribution in [0.3, 0.4) is 0 Å². The van der Waals surface area contributed by atoms with E-state index in [0.29, 0.717) is 0 Å². The highest BCUT2D eigenvalue weighted by Crippen LogP contribution is 2.43. The van der Waals surface area contributed by atoms with Gasteiger partial charge < -0.3 is 0 Å². The maximum Gasteiger partial charge on any atom is 0.143 e. The number of para-hydroxylation sites is 3. The molecular formula is C32H44N+. The van der Waals surface area contributed by atoms with E-state index in [1.807, 2.05) is 0 Å². The second-order valence-corrected chi connectivity index (χ2v) is 9.43. The largest absolute Gasteiger partial charge is 0.227 e. The summed E-state index contributed by atoms with van der Waals surface area (Å²) in [5, 5.41) is 0. The van der Waals surface area contributed by atoms with Crippen LogP contribution >= 0.6 is 0 Å². The van der Waals surface area contributed by atoms with Gasteiger partial charge in [-0.1, -0.05) is 126 Å². The molecule has 0 unspecified atom stereocenters. The van der Waals surface area contributed by atoms with E-state index in [1.54, 1.807) is 0 Å². The minimum absolute atomic E-state index is 0.792. The molecule has 33 heavy (non-hydrogen) atoms. The van der Waals surface area contributed by atoms with Gasteiger partial charge in [-0.15, -0.1) is 0 Å². The Bertz CT molecular complexity index is 760. The summed E-state index contributed by atoms with van der Waals surface area (Å²) in [7, 11) is 0. The van der Waals surface area contributed by atoms with E-state index in [0.717, 1.165) is 11.0 Å². The third-order valence-electron chi connectivity index (χ3n) is 6.94. The van der Waals surface area contributed by atoms with Gasteiger partial charge in [0, 0.05) is 0 Å². The molecular weight excluding hydrogens is 398 g/mol. The molecule has 0 aliphatic carbocycles. The Balaban J connectivity index is 1.59. The van der Waals surface area contributed by atoms with Gasteiger partial charge in [-0.25, -0.2) is 4.48 Å². The van der Waals surface area contributed by atoms with E-state index in [-0.39, 0.29) is 0 Å². The Morgan fingerprint density at radius 2 is 0.697 bits per heavy atom. The number of nitrogens with zero attached hydrogens (tertiary/aromatic N) is 1. The van der Waals surface area contributed by atoms with Crippen molar-refractivity contribution in [3.63, 3.8) is 0 Å². The van der Waals surface area contributed by atoms with Crippen LogP contribution in [0.25, 0.3) is 0 Å². The minimum Gasteiger partial charge on any atom is -0.227 e. The van der Waals surface area contributed by atoms with Crippen LogP contribution in [0.1, 0.15) is 84.0 Å². The van der Waals surface area contributed by atoms with Crippen LogP contribution in [0, 0.1) is 0 Å². The molecule has 0 saturated carbocycles. The van der Waals surface area contributed by atoms with Gasteiger partial charge in [0.2, 0.25) is 0 Å². The van der Waals surface area contributed by atoms with E-state index in [2.05, 4.69) is 97.9 Å². The Labute approximate surface area is 203 Å². The number of rotatable bonds is 16. The van der Waals surface area contributed by atoms with Crippen molar-refractivity contribution in [2.24, 2.45) is 0 Å². The molecule has 0 fully saturated rings. The molecule has 0 aromatic heterocycles. The van der Waals surface area contributed by atoms with E-state index >= 15 is 0 Å². The number of hydrogen-bond donors (Lipinski definition) is 0. The van der Waals surface area contributed by atoms with Crippen molar-refractivity contribution >= 4 is 17.1 Å². The van der Waals surface area contributed by atoms with Gasteiger partial charge in [0.1, 0.15) is 17.1 Å². The lowest BCUT2D eigenvalue weighted by Crippen LogP contribution is -2.39. The van der Waals surface area contributed by atoms with Gasteiger partial charge >= 0.3 is 0 Å². The van der Waals surface area contributed by atoms with Gasteiger partial charge in [-0.3, -0.25) is 0 Å². The molecule has 0 saturated heterocycles. The predicted molar refractivity (Wildman–Crippen MR) is 146 cm³/mol. The second kappa shape index (κ2) is 14.7. The summed E-state index contributed by atoms with van der Waals surface area (Å²) in [6.07, 6.45) is 16.6. The monoisotopic (exact) mass is 442 g/mol. The molecule has 0 heterocycles. The molecule has 0 bridgehead atoms. The first kappa shape index (κ1) is 25.2. The lowest BCUT2D eigenvalue weighted by molar-refractivity contribution is 0.472. The minimum atomic E-state index is 0.792. The van der Waals surface area contributed by atoms with Crippen LogP contribution in [0.2, 0.25) is 0 Å². The van der Waals surface area contributed by atoms with E-state index in [1.165, 1.54) is 94.1 Å². The fraction of sp³-hybridized carbons (Fsp3) is 0.438. The molecule has 0 atom stereocenters. The van der Waals surface area contributed by atoms with Crippen LogP contribution in [0.4, 0.5) is 17.1 Å². The summed E-state index contributed by atoms with van der Waals surface area (Å²) in [6, 6.07) is 33.2. The van der Waals surface area contributed by atoms with E-state index < -0.39 is 0 Å². The third kappa shape index (κ3) is 7.57. The molecule has 0 aliphatic heterocycles. The first-order chi connectivity index (χ1) is 16.4. The fourth-order valence-electron chi connectivity index (χ4n) is 5.07. The molecule has 1 heteroatoms. The van der Waals surface area contributed by atoms with Crippen molar-refractivity contribution in [1.82, 2.24) is 4.48 Å². The number of quaternary nitrogens is 1. The topological polar surface area (TPSA) is 0 Å². The first-order valence-electron chi connectivity index (χ1n) is 13.4. The standard InChI is InChI=1S/C32H44N/c1-2-3-4-5-6-7-8-9-10-11-12-22-29-33(30-23-16-13-17-24-30,31-25-18-14-19-26-31)32-27-20-15-21-28-32/h13-21,23-28H,2-12,22,29H2,1H3/q+1. The van der Waals surface area contributed by atoms with Crippen LogP contribution in [-0.2, 0) is 0 Å². The molecule has 176 valence electrons. The second-order valence-electron chi connectivity index (χ2n) is 9.43. The molecule has 3 rings (SSSR count). The predicted octanol–water partition coefficient (Wildman–Crippen LogP) is 10.4. The zero-order valence-corrected chi connectivity index (χ0v) is 20.8. The Morgan fingerprint density at radius 1 is 0.394 bits per heavy atom. The summed E-state index contributed by atoms with van der Waals surface area (Å²) in [4.78, 5) is 0. The lowest BCUT2D eigenvalue weighted by atomic mass is 10.0. The molecule has 3 aromatic rings. The number of hydrogen-bond acceptors (Lipinski definition) is 0. The Hall–Kier alpha value is -2.38. The normalized spacial score (nSPS) is 11.5. The maximum atomic E-state index is 2.29. The number of benzene rings is 3.